The summed E-state index contributed by atoms with van der Waals surface area (Å²) in [6, 6.07) is 10.7. The largest absolute Gasteiger partial charge is 0.396 e. The summed E-state index contributed by atoms with van der Waals surface area (Å²) >= 11 is 2.08. The molecule has 0 atom stereocenters. The molecule has 0 aliphatic heterocycles. The molecule has 0 radical (unpaired) electrons. The van der Waals surface area contributed by atoms with Crippen LogP contribution in [-0.4, -0.2) is 37.6 Å². The zero-order valence-electron chi connectivity index (χ0n) is 20.7. The van der Waals surface area contributed by atoms with Crippen LogP contribution in [0.5, 0.6) is 0 Å². The van der Waals surface area contributed by atoms with Gasteiger partial charge in [-0.1, -0.05) is 0 Å². The second-order valence-corrected chi connectivity index (χ2v) is 12.0. The number of halogens is 3. The van der Waals surface area contributed by atoms with Crippen molar-refractivity contribution in [2.45, 2.75) is 37.1 Å². The van der Waals surface area contributed by atoms with Crippen molar-refractivity contribution in [3.05, 3.63) is 80.7 Å². The van der Waals surface area contributed by atoms with Crippen LogP contribution in [0, 0.1) is 21.1 Å². The first kappa shape index (κ1) is 29.3. The minimum atomic E-state index is -4.59. The summed E-state index contributed by atoms with van der Waals surface area (Å²) in [7, 11) is -4.59. The molecule has 39 heavy (non-hydrogen) atoms. The minimum absolute atomic E-state index is 0.0145. The van der Waals surface area contributed by atoms with Crippen LogP contribution in [0.2, 0.25) is 0 Å². The van der Waals surface area contributed by atoms with Crippen LogP contribution >= 0.6 is 22.6 Å². The fraction of sp³-hybridized carbons (Fsp3) is 0.308. The molecule has 4 N–H and O–H groups in total. The molecule has 208 valence electrons. The van der Waals surface area contributed by atoms with Crippen molar-refractivity contribution in [2.75, 3.05) is 18.5 Å². The van der Waals surface area contributed by atoms with Gasteiger partial charge < -0.3 is 10.4 Å². The number of nitrogens with zero attached hydrogens (tertiary/aromatic N) is 1. The summed E-state index contributed by atoms with van der Waals surface area (Å²) in [5, 5.41) is 11.7. The maximum Gasteiger partial charge on any atom is 0.277 e. The Balaban J connectivity index is 1.62. The number of nitrogens with one attached hydrogen (secondary N) is 3. The minimum Gasteiger partial charge on any atom is -0.396 e. The third-order valence-electron chi connectivity index (χ3n) is 5.94. The molecule has 0 saturated heterocycles. The Morgan fingerprint density at radius 1 is 1.13 bits per heavy atom. The molecule has 1 aliphatic carbocycles. The van der Waals surface area contributed by atoms with E-state index in [1.807, 2.05) is 0 Å². The molecule has 1 fully saturated rings. The third-order valence-corrected chi connectivity index (χ3v) is 8.06. The maximum absolute atomic E-state index is 15.4. The number of aryl methyl sites for hydroxylation is 1. The highest BCUT2D eigenvalue weighted by Crippen LogP contribution is 2.32. The average Bonchev–Trinajstić information content (AvgIpc) is 3.75. The molecule has 4 rings (SSSR count). The first-order chi connectivity index (χ1) is 18.7. The van der Waals surface area contributed by atoms with E-state index in [1.54, 1.807) is 36.4 Å². The number of benzene rings is 2. The average molecular weight is 672 g/mol. The van der Waals surface area contributed by atoms with Gasteiger partial charge in [-0.15, -0.1) is 0 Å². The Morgan fingerprint density at radius 3 is 2.56 bits per heavy atom. The second-order valence-electron chi connectivity index (χ2n) is 9.05. The Morgan fingerprint density at radius 2 is 1.87 bits per heavy atom. The van der Waals surface area contributed by atoms with Crippen molar-refractivity contribution in [1.29, 1.82) is 0 Å². The lowest BCUT2D eigenvalue weighted by Crippen LogP contribution is -2.28. The number of aliphatic hydroxyl groups is 1. The summed E-state index contributed by atoms with van der Waals surface area (Å²) in [5.41, 5.74) is 2.78. The highest BCUT2D eigenvalue weighted by molar-refractivity contribution is 14.1. The smallest absolute Gasteiger partial charge is 0.277 e. The molecule has 0 spiro atoms. The first-order valence-electron chi connectivity index (χ1n) is 12.2. The fourth-order valence-electron chi connectivity index (χ4n) is 3.63. The summed E-state index contributed by atoms with van der Waals surface area (Å²) < 4.78 is 59.9. The zero-order valence-corrected chi connectivity index (χ0v) is 23.7. The van der Waals surface area contributed by atoms with Crippen LogP contribution in [0.4, 0.5) is 20.2 Å². The number of pyridine rings is 1. The molecule has 2 aromatic carbocycles. The number of carbonyl (C=O) groups is 1. The highest BCUT2D eigenvalue weighted by Gasteiger charge is 2.30. The zero-order chi connectivity index (χ0) is 28.0. The van der Waals surface area contributed by atoms with Gasteiger partial charge in [0.15, 0.2) is 11.6 Å². The third kappa shape index (κ3) is 7.91. The number of hydrogen-bond donors (Lipinski definition) is 4. The Bertz CT molecular complexity index is 1440. The molecule has 0 unspecified atom stereocenters. The molecule has 1 aromatic heterocycles. The van der Waals surface area contributed by atoms with Crippen LogP contribution < -0.4 is 15.5 Å². The topological polar surface area (TPSA) is 130 Å². The SMILES string of the molecule is O=C(NOCC1CC1)c1cc(S(=O)(=O)NCc2ccnc(CCCO)c2)c(F)c(F)c1Nc1ccc(I)cc1. The van der Waals surface area contributed by atoms with Crippen LogP contribution in [0.25, 0.3) is 0 Å². The maximum atomic E-state index is 15.4. The Kier molecular flexibility index (Phi) is 9.82. The van der Waals surface area contributed by atoms with Gasteiger partial charge in [0, 0.05) is 34.3 Å². The van der Waals surface area contributed by atoms with Crippen molar-refractivity contribution in [1.82, 2.24) is 15.2 Å². The van der Waals surface area contributed by atoms with Crippen LogP contribution in [0.1, 0.15) is 40.9 Å². The van der Waals surface area contributed by atoms with E-state index in [2.05, 4.69) is 43.1 Å². The van der Waals surface area contributed by atoms with Crippen molar-refractivity contribution < 1.29 is 31.9 Å². The standard InChI is InChI=1S/C26H27F2IN4O5S/c27-23-22(39(36,37)31-14-17-9-10-30-20(12-17)2-1-11-34)13-21(26(35)33-38-15-16-3-4-16)25(24(23)28)32-19-7-5-18(29)6-8-19/h5-10,12-13,16,31-32,34H,1-4,11,14-15H2,(H,33,35). The van der Waals surface area contributed by atoms with E-state index in [1.165, 1.54) is 6.20 Å². The number of sulfonamides is 1. The molecule has 1 amide bonds. The molecule has 3 aromatic rings. The van der Waals surface area contributed by atoms with Gasteiger partial charge in [-0.3, -0.25) is 14.6 Å². The van der Waals surface area contributed by atoms with E-state index in [0.717, 1.165) is 22.5 Å². The monoisotopic (exact) mass is 672 g/mol. The van der Waals surface area contributed by atoms with Gasteiger partial charge in [-0.2, -0.15) is 0 Å². The normalized spacial score (nSPS) is 13.3. The van der Waals surface area contributed by atoms with Gasteiger partial charge in [-0.05, 0) is 102 Å². The number of aliphatic hydroxyl groups excluding tert-OH is 1. The van der Waals surface area contributed by atoms with E-state index in [9.17, 15) is 13.2 Å². The number of anilines is 2. The summed E-state index contributed by atoms with van der Waals surface area (Å²) in [6.07, 6.45) is 4.41. The number of hydroxylamine groups is 1. The van der Waals surface area contributed by atoms with Gasteiger partial charge in [0.1, 0.15) is 4.90 Å². The summed E-state index contributed by atoms with van der Waals surface area (Å²) in [6.45, 7) is 0.0142. The highest BCUT2D eigenvalue weighted by atomic mass is 127. The van der Waals surface area contributed by atoms with Crippen molar-refractivity contribution in [3.63, 3.8) is 0 Å². The molecule has 0 bridgehead atoms. The van der Waals surface area contributed by atoms with E-state index < -0.39 is 43.7 Å². The quantitative estimate of drug-likeness (QED) is 0.158. The summed E-state index contributed by atoms with van der Waals surface area (Å²) in [4.78, 5) is 21.3. The molecule has 1 heterocycles. The molecule has 1 aliphatic rings. The fourth-order valence-corrected chi connectivity index (χ4v) is 5.10. The van der Waals surface area contributed by atoms with E-state index >= 15 is 8.78 Å². The van der Waals surface area contributed by atoms with Gasteiger partial charge in [0.05, 0.1) is 17.9 Å². The van der Waals surface area contributed by atoms with Gasteiger partial charge in [0.25, 0.3) is 5.91 Å². The lowest BCUT2D eigenvalue weighted by molar-refractivity contribution is 0.0270. The predicted octanol–water partition coefficient (Wildman–Crippen LogP) is 4.18. The molecular formula is C26H27F2IN4O5S. The van der Waals surface area contributed by atoms with Crippen LogP contribution in [0.3, 0.4) is 0 Å². The molecule has 13 heteroatoms. The van der Waals surface area contributed by atoms with Gasteiger partial charge >= 0.3 is 0 Å². The number of amides is 1. The van der Waals surface area contributed by atoms with E-state index in [-0.39, 0.29) is 19.8 Å². The first-order valence-corrected chi connectivity index (χ1v) is 14.7. The number of carbonyl (C=O) groups excluding carboxylic acids is 1. The van der Waals surface area contributed by atoms with Gasteiger partial charge in [0.2, 0.25) is 10.0 Å². The second kappa shape index (κ2) is 13.1. The van der Waals surface area contributed by atoms with E-state index in [4.69, 9.17) is 9.94 Å². The summed E-state index contributed by atoms with van der Waals surface area (Å²) in [5.74, 6) is -3.78. The van der Waals surface area contributed by atoms with E-state index in [0.29, 0.717) is 35.7 Å². The van der Waals surface area contributed by atoms with Crippen LogP contribution in [-0.2, 0) is 27.8 Å². The number of aromatic nitrogens is 1. The molecule has 9 nitrogen and oxygen atoms in total. The molecular weight excluding hydrogens is 645 g/mol. The lowest BCUT2D eigenvalue weighted by Gasteiger charge is -2.17. The van der Waals surface area contributed by atoms with Crippen LogP contribution in [0.15, 0.2) is 53.6 Å². The number of rotatable bonds is 13. The van der Waals surface area contributed by atoms with Gasteiger partial charge in [-0.25, -0.2) is 27.4 Å². The molecule has 1 saturated carbocycles. The van der Waals surface area contributed by atoms with Crippen molar-refractivity contribution in [2.24, 2.45) is 5.92 Å². The Hall–Kier alpha value is -2.72. The predicted molar refractivity (Wildman–Crippen MR) is 149 cm³/mol. The Labute approximate surface area is 238 Å². The number of hydrogen-bond acceptors (Lipinski definition) is 7. The van der Waals surface area contributed by atoms with Crippen molar-refractivity contribution in [3.8, 4) is 0 Å². The lowest BCUT2D eigenvalue weighted by atomic mass is 10.1. The van der Waals surface area contributed by atoms with Crippen molar-refractivity contribution >= 4 is 49.9 Å².